The minimum Gasteiger partial charge on any atom is -0.493 e. The first-order valence-corrected chi connectivity index (χ1v) is 9.18. The predicted molar refractivity (Wildman–Crippen MR) is 111 cm³/mol. The lowest BCUT2D eigenvalue weighted by Gasteiger charge is -2.13. The van der Waals surface area contributed by atoms with Crippen molar-refractivity contribution in [2.24, 2.45) is 4.99 Å². The molecule has 0 N–H and O–H groups in total. The van der Waals surface area contributed by atoms with Gasteiger partial charge in [-0.25, -0.2) is 9.79 Å². The molecule has 0 radical (unpaired) electrons. The van der Waals surface area contributed by atoms with E-state index in [1.165, 1.54) is 21.3 Å². The highest BCUT2D eigenvalue weighted by Crippen LogP contribution is 2.39. The Balaban J connectivity index is 1.97. The minimum absolute atomic E-state index is 0.142. The van der Waals surface area contributed by atoms with Crippen LogP contribution >= 0.6 is 0 Å². The monoisotopic (exact) mass is 413 g/mol. The molecule has 158 valence electrons. The highest BCUT2D eigenvalue weighted by Gasteiger charge is 2.26. The van der Waals surface area contributed by atoms with E-state index in [4.69, 9.17) is 28.4 Å². The number of esters is 1. The number of cyclic esters (lactones) is 1. The van der Waals surface area contributed by atoms with Gasteiger partial charge in [0.05, 0.1) is 35.0 Å². The molecular formula is C22H23NO7. The minimum atomic E-state index is -0.563. The highest BCUT2D eigenvalue weighted by atomic mass is 16.6. The third-order valence-corrected chi connectivity index (χ3v) is 4.32. The fraction of sp³-hybridized carbons (Fsp3) is 0.273. The van der Waals surface area contributed by atoms with Gasteiger partial charge < -0.3 is 28.4 Å². The topological polar surface area (TPSA) is 84.8 Å². The molecule has 0 amide bonds. The van der Waals surface area contributed by atoms with Gasteiger partial charge in [-0.1, -0.05) is 6.07 Å². The van der Waals surface area contributed by atoms with Gasteiger partial charge in [0.25, 0.3) is 0 Å². The van der Waals surface area contributed by atoms with Crippen molar-refractivity contribution < 1.29 is 33.2 Å². The van der Waals surface area contributed by atoms with E-state index >= 15 is 0 Å². The average molecular weight is 413 g/mol. The standard InChI is InChI=1S/C22H23NO7/c1-6-29-16-8-7-13(10-17(16)25-2)9-15-22(24)30-21(23-15)14-11-18(26-3)20(28-5)19(12-14)27-4/h7-12H,6H2,1-5H3. The third-order valence-electron chi connectivity index (χ3n) is 4.32. The van der Waals surface area contributed by atoms with Crippen molar-refractivity contribution in [2.45, 2.75) is 6.92 Å². The van der Waals surface area contributed by atoms with Crippen LogP contribution in [-0.4, -0.2) is 46.9 Å². The first-order chi connectivity index (χ1) is 14.5. The number of hydrogen-bond acceptors (Lipinski definition) is 8. The first kappa shape index (κ1) is 21.0. The van der Waals surface area contributed by atoms with Crippen molar-refractivity contribution in [1.82, 2.24) is 0 Å². The summed E-state index contributed by atoms with van der Waals surface area (Å²) in [6.07, 6.45) is 1.62. The lowest BCUT2D eigenvalue weighted by atomic mass is 10.1. The van der Waals surface area contributed by atoms with Crippen LogP contribution in [0.1, 0.15) is 18.1 Å². The summed E-state index contributed by atoms with van der Waals surface area (Å²) in [5, 5.41) is 0. The summed E-state index contributed by atoms with van der Waals surface area (Å²) in [6.45, 7) is 2.41. The number of benzene rings is 2. The zero-order valence-corrected chi connectivity index (χ0v) is 17.5. The molecule has 2 aromatic carbocycles. The SMILES string of the molecule is CCOc1ccc(C=C2N=C(c3cc(OC)c(OC)c(OC)c3)OC2=O)cc1OC. The largest absolute Gasteiger partial charge is 0.493 e. The Bertz CT molecular complexity index is 986. The molecule has 30 heavy (non-hydrogen) atoms. The van der Waals surface area contributed by atoms with Gasteiger partial charge in [0.2, 0.25) is 11.6 Å². The number of methoxy groups -OCH3 is 4. The van der Waals surface area contributed by atoms with Gasteiger partial charge in [-0.3, -0.25) is 0 Å². The molecule has 2 aromatic rings. The second kappa shape index (κ2) is 9.21. The van der Waals surface area contributed by atoms with Crippen LogP contribution in [0.25, 0.3) is 6.08 Å². The quantitative estimate of drug-likeness (QED) is 0.484. The summed E-state index contributed by atoms with van der Waals surface area (Å²) < 4.78 is 32.2. The fourth-order valence-electron chi connectivity index (χ4n) is 2.94. The summed E-state index contributed by atoms with van der Waals surface area (Å²) in [5.41, 5.74) is 1.40. The molecule has 1 aliphatic heterocycles. The van der Waals surface area contributed by atoms with E-state index in [0.717, 1.165) is 5.56 Å². The molecule has 0 saturated heterocycles. The molecule has 8 heteroatoms. The maximum atomic E-state index is 12.4. The number of hydrogen-bond donors (Lipinski definition) is 0. The molecule has 3 rings (SSSR count). The number of ether oxygens (including phenoxy) is 6. The van der Waals surface area contributed by atoms with E-state index in [1.807, 2.05) is 6.92 Å². The van der Waals surface area contributed by atoms with Crippen molar-refractivity contribution in [3.8, 4) is 28.7 Å². The van der Waals surface area contributed by atoms with E-state index < -0.39 is 5.97 Å². The molecule has 0 unspecified atom stereocenters. The Morgan fingerprint density at radius 1 is 0.900 bits per heavy atom. The van der Waals surface area contributed by atoms with Crippen molar-refractivity contribution in [2.75, 3.05) is 35.0 Å². The summed E-state index contributed by atoms with van der Waals surface area (Å²) in [4.78, 5) is 16.7. The lowest BCUT2D eigenvalue weighted by Crippen LogP contribution is -2.07. The fourth-order valence-corrected chi connectivity index (χ4v) is 2.94. The molecule has 8 nitrogen and oxygen atoms in total. The van der Waals surface area contributed by atoms with Gasteiger partial charge >= 0.3 is 5.97 Å². The average Bonchev–Trinajstić information content (AvgIpc) is 3.13. The molecule has 0 aliphatic carbocycles. The van der Waals surface area contributed by atoms with Crippen LogP contribution in [0, 0.1) is 0 Å². The van der Waals surface area contributed by atoms with Crippen molar-refractivity contribution in [3.63, 3.8) is 0 Å². The van der Waals surface area contributed by atoms with E-state index in [-0.39, 0.29) is 11.6 Å². The number of aliphatic imine (C=N–C) groups is 1. The summed E-state index contributed by atoms with van der Waals surface area (Å²) in [5.74, 6) is 2.06. The van der Waals surface area contributed by atoms with E-state index in [2.05, 4.69) is 4.99 Å². The molecule has 0 spiro atoms. The normalized spacial score (nSPS) is 14.2. The lowest BCUT2D eigenvalue weighted by molar-refractivity contribution is -0.129. The van der Waals surface area contributed by atoms with Gasteiger partial charge in [-0.15, -0.1) is 0 Å². The van der Waals surface area contributed by atoms with Crippen molar-refractivity contribution in [3.05, 3.63) is 47.2 Å². The molecule has 0 atom stereocenters. The second-order valence-electron chi connectivity index (χ2n) is 6.09. The van der Waals surface area contributed by atoms with Gasteiger partial charge in [-0.05, 0) is 42.8 Å². The molecule has 1 aliphatic rings. The molecule has 0 aromatic heterocycles. The number of carbonyl (C=O) groups is 1. The van der Waals surface area contributed by atoms with Gasteiger partial charge in [-0.2, -0.15) is 0 Å². The number of nitrogens with zero attached hydrogens (tertiary/aromatic N) is 1. The Labute approximate surface area is 174 Å². The zero-order valence-electron chi connectivity index (χ0n) is 17.5. The van der Waals surface area contributed by atoms with Crippen LogP contribution < -0.4 is 23.7 Å². The Morgan fingerprint density at radius 3 is 2.13 bits per heavy atom. The van der Waals surface area contributed by atoms with Crippen molar-refractivity contribution >= 4 is 17.9 Å². The highest BCUT2D eigenvalue weighted by molar-refractivity contribution is 6.13. The summed E-state index contributed by atoms with van der Waals surface area (Å²) >= 11 is 0. The summed E-state index contributed by atoms with van der Waals surface area (Å²) in [7, 11) is 6.08. The van der Waals surface area contributed by atoms with Crippen LogP contribution in [-0.2, 0) is 9.53 Å². The van der Waals surface area contributed by atoms with Gasteiger partial charge in [0, 0.05) is 5.56 Å². The molecule has 0 bridgehead atoms. The smallest absolute Gasteiger partial charge is 0.363 e. The van der Waals surface area contributed by atoms with Crippen LogP contribution in [0.4, 0.5) is 0 Å². The third kappa shape index (κ3) is 4.17. The van der Waals surface area contributed by atoms with E-state index in [9.17, 15) is 4.79 Å². The molecule has 0 saturated carbocycles. The van der Waals surface area contributed by atoms with Crippen LogP contribution in [0.15, 0.2) is 41.0 Å². The van der Waals surface area contributed by atoms with Gasteiger partial charge in [0.1, 0.15) is 0 Å². The Kier molecular flexibility index (Phi) is 6.46. The Morgan fingerprint density at radius 2 is 1.57 bits per heavy atom. The maximum absolute atomic E-state index is 12.4. The number of rotatable bonds is 8. The van der Waals surface area contributed by atoms with E-state index in [1.54, 1.807) is 43.5 Å². The number of carbonyl (C=O) groups excluding carboxylic acids is 1. The van der Waals surface area contributed by atoms with Gasteiger partial charge in [0.15, 0.2) is 28.7 Å². The molecule has 0 fully saturated rings. The van der Waals surface area contributed by atoms with Crippen LogP contribution in [0.3, 0.4) is 0 Å². The van der Waals surface area contributed by atoms with Crippen molar-refractivity contribution in [1.29, 1.82) is 0 Å². The second-order valence-corrected chi connectivity index (χ2v) is 6.09. The zero-order chi connectivity index (χ0) is 21.7. The molecule has 1 heterocycles. The Hall–Kier alpha value is -3.68. The first-order valence-electron chi connectivity index (χ1n) is 9.18. The predicted octanol–water partition coefficient (Wildman–Crippen LogP) is 3.46. The van der Waals surface area contributed by atoms with E-state index in [0.29, 0.717) is 40.9 Å². The van der Waals surface area contributed by atoms with Crippen LogP contribution in [0.5, 0.6) is 28.7 Å². The maximum Gasteiger partial charge on any atom is 0.363 e. The van der Waals surface area contributed by atoms with Crippen LogP contribution in [0.2, 0.25) is 0 Å². The summed E-state index contributed by atoms with van der Waals surface area (Å²) in [6, 6.07) is 8.67. The molecular weight excluding hydrogens is 390 g/mol.